The number of aryl methyl sites for hydroxylation is 1. The summed E-state index contributed by atoms with van der Waals surface area (Å²) < 4.78 is 15.4. The number of hydrogen-bond donors (Lipinski definition) is 1. The molecule has 6 nitrogen and oxygen atoms in total. The number of benzene rings is 2. The van der Waals surface area contributed by atoms with Gasteiger partial charge in [0, 0.05) is 43.8 Å². The minimum Gasteiger partial charge on any atom is -0.364 e. The van der Waals surface area contributed by atoms with E-state index >= 15 is 0 Å². The van der Waals surface area contributed by atoms with Gasteiger partial charge in [-0.3, -0.25) is 4.90 Å². The van der Waals surface area contributed by atoms with Crippen LogP contribution in [0.3, 0.4) is 0 Å². The lowest BCUT2D eigenvalue weighted by molar-refractivity contribution is 0.249. The van der Waals surface area contributed by atoms with E-state index in [0.29, 0.717) is 0 Å². The maximum Gasteiger partial charge on any atom is 0.216 e. The summed E-state index contributed by atoms with van der Waals surface area (Å²) in [4.78, 5) is 10.6. The molecule has 3 heterocycles. The van der Waals surface area contributed by atoms with Gasteiger partial charge in [0.1, 0.15) is 11.5 Å². The molecule has 0 spiro atoms. The summed E-state index contributed by atoms with van der Waals surface area (Å²) in [6, 6.07) is 15.2. The van der Waals surface area contributed by atoms with Gasteiger partial charge in [-0.25, -0.2) is 9.37 Å². The van der Waals surface area contributed by atoms with Crippen LogP contribution in [0.15, 0.2) is 48.5 Å². The van der Waals surface area contributed by atoms with Crippen LogP contribution < -0.4 is 10.2 Å². The lowest BCUT2D eigenvalue weighted by Gasteiger charge is -2.34. The molecule has 8 heteroatoms. The Morgan fingerprint density at radius 3 is 2.44 bits per heavy atom. The van der Waals surface area contributed by atoms with Crippen LogP contribution in [0.5, 0.6) is 0 Å². The molecule has 34 heavy (non-hydrogen) atoms. The van der Waals surface area contributed by atoms with Gasteiger partial charge in [0.25, 0.3) is 0 Å². The van der Waals surface area contributed by atoms with Crippen molar-refractivity contribution in [2.24, 2.45) is 0 Å². The van der Waals surface area contributed by atoms with E-state index in [0.717, 1.165) is 59.9 Å². The molecule has 5 rings (SSSR count). The molecule has 0 atom stereocenters. The number of nitrogens with zero attached hydrogens (tertiary/aromatic N) is 5. The van der Waals surface area contributed by atoms with Crippen molar-refractivity contribution in [2.45, 2.75) is 39.8 Å². The predicted octanol–water partition coefficient (Wildman–Crippen LogP) is 5.44. The van der Waals surface area contributed by atoms with Crippen LogP contribution in [-0.2, 0) is 6.54 Å². The van der Waals surface area contributed by atoms with Crippen LogP contribution in [-0.4, -0.2) is 51.2 Å². The van der Waals surface area contributed by atoms with E-state index in [-0.39, 0.29) is 11.4 Å². The van der Waals surface area contributed by atoms with E-state index in [4.69, 9.17) is 10.1 Å². The molecule has 1 saturated heterocycles. The molecule has 0 bridgehead atoms. The molecule has 2 aromatic carbocycles. The summed E-state index contributed by atoms with van der Waals surface area (Å²) in [7, 11) is 0. The molecule has 1 aliphatic rings. The maximum atomic E-state index is 13.5. The highest BCUT2D eigenvalue weighted by atomic mass is 32.1. The van der Waals surface area contributed by atoms with Gasteiger partial charge in [0.05, 0.1) is 0 Å². The molecular formula is C26H31FN6S. The Kier molecular flexibility index (Phi) is 6.04. The summed E-state index contributed by atoms with van der Waals surface area (Å²) >= 11 is 1.60. The van der Waals surface area contributed by atoms with Crippen LogP contribution >= 0.6 is 11.3 Å². The third kappa shape index (κ3) is 4.93. The van der Waals surface area contributed by atoms with Crippen molar-refractivity contribution in [2.75, 3.05) is 36.4 Å². The van der Waals surface area contributed by atoms with Crippen molar-refractivity contribution in [1.82, 2.24) is 19.5 Å². The second-order valence-electron chi connectivity index (χ2n) is 10.0. The fourth-order valence-electron chi connectivity index (χ4n) is 4.31. The average Bonchev–Trinajstić information content (AvgIpc) is 3.33. The number of anilines is 2. The first-order valence-corrected chi connectivity index (χ1v) is 12.5. The number of rotatable bonds is 5. The minimum atomic E-state index is -0.253. The second-order valence-corrected chi connectivity index (χ2v) is 11.0. The SMILES string of the molecule is Cc1cccc(CN2CCN(c3nn4c(NC(C)(C)C)c(-c5ccc(F)cc5)nc4s3)CC2)c1. The summed E-state index contributed by atoms with van der Waals surface area (Å²) in [5.41, 5.74) is 4.17. The van der Waals surface area contributed by atoms with E-state index in [9.17, 15) is 4.39 Å². The number of fused-ring (bicyclic) bond motifs is 1. The van der Waals surface area contributed by atoms with Gasteiger partial charge < -0.3 is 10.2 Å². The third-order valence-electron chi connectivity index (χ3n) is 5.94. The van der Waals surface area contributed by atoms with Crippen LogP contribution in [0.2, 0.25) is 0 Å². The lowest BCUT2D eigenvalue weighted by Crippen LogP contribution is -2.46. The van der Waals surface area contributed by atoms with E-state index in [1.165, 1.54) is 23.3 Å². The molecule has 2 aromatic heterocycles. The summed E-state index contributed by atoms with van der Waals surface area (Å²) in [6.07, 6.45) is 0. The molecule has 0 radical (unpaired) electrons. The zero-order valence-electron chi connectivity index (χ0n) is 20.2. The van der Waals surface area contributed by atoms with Gasteiger partial charge >= 0.3 is 0 Å². The zero-order valence-corrected chi connectivity index (χ0v) is 21.0. The molecule has 0 aliphatic carbocycles. The Bertz CT molecular complexity index is 1280. The Morgan fingerprint density at radius 1 is 1.03 bits per heavy atom. The van der Waals surface area contributed by atoms with E-state index < -0.39 is 0 Å². The van der Waals surface area contributed by atoms with Crippen LogP contribution in [0.4, 0.5) is 15.3 Å². The number of piperazine rings is 1. The quantitative estimate of drug-likeness (QED) is 0.414. The van der Waals surface area contributed by atoms with Crippen LogP contribution in [0.1, 0.15) is 31.9 Å². The molecule has 178 valence electrons. The molecule has 1 aliphatic heterocycles. The van der Waals surface area contributed by atoms with Gasteiger partial charge in [-0.15, -0.1) is 5.10 Å². The zero-order chi connectivity index (χ0) is 23.9. The second kappa shape index (κ2) is 9.00. The standard InChI is InChI=1S/C26H31FN6S/c1-18-6-5-7-19(16-18)17-31-12-14-32(15-13-31)25-30-33-23(29-26(2,3)4)22(28-24(33)34-25)20-8-10-21(27)11-9-20/h5-11,16,29H,12-15,17H2,1-4H3. The highest BCUT2D eigenvalue weighted by molar-refractivity contribution is 7.20. The number of halogens is 1. The first-order valence-electron chi connectivity index (χ1n) is 11.7. The summed E-state index contributed by atoms with van der Waals surface area (Å²) in [6.45, 7) is 13.4. The van der Waals surface area contributed by atoms with E-state index in [2.05, 4.69) is 67.1 Å². The summed E-state index contributed by atoms with van der Waals surface area (Å²) in [5.74, 6) is 0.590. The first kappa shape index (κ1) is 22.8. The smallest absolute Gasteiger partial charge is 0.216 e. The van der Waals surface area contributed by atoms with Crippen molar-refractivity contribution >= 4 is 27.2 Å². The minimum absolute atomic E-state index is 0.171. The Hall–Kier alpha value is -2.97. The maximum absolute atomic E-state index is 13.5. The van der Waals surface area contributed by atoms with Gasteiger partial charge in [-0.05, 0) is 57.5 Å². The highest BCUT2D eigenvalue weighted by Gasteiger charge is 2.25. The first-order chi connectivity index (χ1) is 16.2. The van der Waals surface area contributed by atoms with Crippen LogP contribution in [0, 0.1) is 12.7 Å². The van der Waals surface area contributed by atoms with Gasteiger partial charge in [0.2, 0.25) is 10.1 Å². The normalized spacial score (nSPS) is 15.3. The fraction of sp³-hybridized carbons (Fsp3) is 0.385. The largest absolute Gasteiger partial charge is 0.364 e. The fourth-order valence-corrected chi connectivity index (χ4v) is 5.26. The number of hydrogen-bond acceptors (Lipinski definition) is 6. The Morgan fingerprint density at radius 2 is 1.76 bits per heavy atom. The van der Waals surface area contributed by atoms with Crippen molar-refractivity contribution in [3.05, 3.63) is 65.5 Å². The lowest BCUT2D eigenvalue weighted by atomic mass is 10.1. The van der Waals surface area contributed by atoms with Crippen molar-refractivity contribution in [1.29, 1.82) is 0 Å². The predicted molar refractivity (Wildman–Crippen MR) is 138 cm³/mol. The number of nitrogens with one attached hydrogen (secondary N) is 1. The van der Waals surface area contributed by atoms with Crippen molar-refractivity contribution in [3.8, 4) is 11.3 Å². The molecule has 0 unspecified atom stereocenters. The summed E-state index contributed by atoms with van der Waals surface area (Å²) in [5, 5.41) is 9.50. The van der Waals surface area contributed by atoms with Crippen molar-refractivity contribution < 1.29 is 4.39 Å². The Labute approximate surface area is 204 Å². The van der Waals surface area contributed by atoms with E-state index in [1.807, 2.05) is 4.52 Å². The highest BCUT2D eigenvalue weighted by Crippen LogP contribution is 2.35. The molecule has 0 saturated carbocycles. The molecule has 1 fully saturated rings. The van der Waals surface area contributed by atoms with Gasteiger partial charge in [0.15, 0.2) is 5.82 Å². The van der Waals surface area contributed by atoms with Crippen molar-refractivity contribution in [3.63, 3.8) is 0 Å². The molecular weight excluding hydrogens is 447 g/mol. The van der Waals surface area contributed by atoms with E-state index in [1.54, 1.807) is 23.5 Å². The van der Waals surface area contributed by atoms with Gasteiger partial charge in [-0.1, -0.05) is 41.2 Å². The molecule has 4 aromatic rings. The number of imidazole rings is 1. The number of aromatic nitrogens is 3. The van der Waals surface area contributed by atoms with Crippen LogP contribution in [0.25, 0.3) is 16.2 Å². The average molecular weight is 479 g/mol. The monoisotopic (exact) mass is 478 g/mol. The molecule has 1 N–H and O–H groups in total. The topological polar surface area (TPSA) is 48.7 Å². The molecule has 0 amide bonds. The Balaban J connectivity index is 1.36. The van der Waals surface area contributed by atoms with Gasteiger partial charge in [-0.2, -0.15) is 4.52 Å². The third-order valence-corrected chi connectivity index (χ3v) is 6.90.